The molecule has 0 radical (unpaired) electrons. The lowest BCUT2D eigenvalue weighted by atomic mass is 10.1. The Hall–Kier alpha value is -2.69. The monoisotopic (exact) mass is 412 g/mol. The average molecular weight is 412 g/mol. The molecule has 1 aromatic carbocycles. The van der Waals surface area contributed by atoms with Crippen molar-refractivity contribution in [3.8, 4) is 0 Å². The van der Waals surface area contributed by atoms with E-state index in [4.69, 9.17) is 0 Å². The number of alkyl halides is 3. The zero-order chi connectivity index (χ0) is 20.1. The maximum Gasteiger partial charge on any atom is 0.416 e. The Morgan fingerprint density at radius 3 is 2.50 bits per heavy atom. The minimum absolute atomic E-state index is 0.0416. The zero-order valence-electron chi connectivity index (χ0n) is 14.4. The summed E-state index contributed by atoms with van der Waals surface area (Å²) in [6.45, 7) is 0.0584. The van der Waals surface area contributed by atoms with E-state index in [1.165, 1.54) is 33.9 Å². The normalized spacial score (nSPS) is 19.3. The van der Waals surface area contributed by atoms with E-state index in [2.05, 4.69) is 10.1 Å². The zero-order valence-corrected chi connectivity index (χ0v) is 15.2. The highest BCUT2D eigenvalue weighted by Gasteiger charge is 2.31. The Morgan fingerprint density at radius 2 is 1.89 bits per heavy atom. The van der Waals surface area contributed by atoms with Crippen LogP contribution in [0.1, 0.15) is 23.6 Å². The summed E-state index contributed by atoms with van der Waals surface area (Å²) >= 11 is 0. The second-order valence-corrected chi connectivity index (χ2v) is 8.98. The van der Waals surface area contributed by atoms with Gasteiger partial charge in [0, 0.05) is 0 Å². The predicted octanol–water partition coefficient (Wildman–Crippen LogP) is 2.02. The van der Waals surface area contributed by atoms with E-state index in [0.29, 0.717) is 17.6 Å². The fourth-order valence-corrected chi connectivity index (χ4v) is 5.00. The van der Waals surface area contributed by atoms with Gasteiger partial charge in [0.15, 0.2) is 15.5 Å². The van der Waals surface area contributed by atoms with E-state index in [1.807, 2.05) is 0 Å². The second-order valence-electron chi connectivity index (χ2n) is 6.76. The van der Waals surface area contributed by atoms with Crippen LogP contribution in [-0.4, -0.2) is 39.3 Å². The molecule has 28 heavy (non-hydrogen) atoms. The molecule has 3 aromatic rings. The van der Waals surface area contributed by atoms with Crippen LogP contribution in [0.2, 0.25) is 0 Å². The minimum atomic E-state index is -4.42. The lowest BCUT2D eigenvalue weighted by Crippen LogP contribution is -2.22. The molecule has 0 bridgehead atoms. The van der Waals surface area contributed by atoms with Gasteiger partial charge in [0.25, 0.3) is 5.56 Å². The summed E-state index contributed by atoms with van der Waals surface area (Å²) in [5, 5.41) is 4.38. The number of fused-ring (bicyclic) bond motifs is 1. The molecule has 4 rings (SSSR count). The van der Waals surface area contributed by atoms with E-state index >= 15 is 0 Å². The largest absolute Gasteiger partial charge is 0.416 e. The summed E-state index contributed by atoms with van der Waals surface area (Å²) in [7, 11) is -3.12. The van der Waals surface area contributed by atoms with E-state index < -0.39 is 27.1 Å². The molecule has 11 heteroatoms. The quantitative estimate of drug-likeness (QED) is 0.657. The first-order valence-corrected chi connectivity index (χ1v) is 10.3. The third-order valence-electron chi connectivity index (χ3n) is 4.77. The standard InChI is InChI=1S/C17H15F3N4O3S/c18-17(19,20)12-3-1-11(2-4-12)8-23-10-21-15-14(16(23)25)7-22-24(15)13-5-6-28(26,27)9-13/h1-4,7,10,13H,5-6,8-9H2/t13-/m1/s1. The second kappa shape index (κ2) is 6.43. The molecule has 1 atom stereocenters. The van der Waals surface area contributed by atoms with Gasteiger partial charge in [-0.25, -0.2) is 18.1 Å². The molecule has 0 aliphatic carbocycles. The Labute approximate surface area is 157 Å². The third kappa shape index (κ3) is 3.41. The van der Waals surface area contributed by atoms with Crippen molar-refractivity contribution in [2.24, 2.45) is 0 Å². The molecule has 0 N–H and O–H groups in total. The number of sulfone groups is 1. The highest BCUT2D eigenvalue weighted by molar-refractivity contribution is 7.91. The molecule has 0 spiro atoms. The lowest BCUT2D eigenvalue weighted by molar-refractivity contribution is -0.137. The van der Waals surface area contributed by atoms with Crippen molar-refractivity contribution in [2.75, 3.05) is 11.5 Å². The number of halogens is 3. The molecule has 1 aliphatic rings. The van der Waals surface area contributed by atoms with Crippen LogP contribution in [0.15, 0.2) is 41.6 Å². The van der Waals surface area contributed by atoms with Gasteiger partial charge in [-0.3, -0.25) is 9.36 Å². The lowest BCUT2D eigenvalue weighted by Gasteiger charge is -2.11. The first-order chi connectivity index (χ1) is 13.1. The van der Waals surface area contributed by atoms with Crippen molar-refractivity contribution in [1.82, 2.24) is 19.3 Å². The van der Waals surface area contributed by atoms with Gasteiger partial charge >= 0.3 is 6.18 Å². The van der Waals surface area contributed by atoms with Crippen molar-refractivity contribution in [2.45, 2.75) is 25.2 Å². The van der Waals surface area contributed by atoms with E-state index in [1.54, 1.807) is 0 Å². The minimum Gasteiger partial charge on any atom is -0.294 e. The Bertz CT molecular complexity index is 1200. The van der Waals surface area contributed by atoms with Gasteiger partial charge in [0.1, 0.15) is 11.7 Å². The van der Waals surface area contributed by atoms with E-state index in [-0.39, 0.29) is 29.5 Å². The van der Waals surface area contributed by atoms with Crippen LogP contribution in [0.4, 0.5) is 13.2 Å². The number of rotatable bonds is 3. The molecule has 148 valence electrons. The number of hydrogen-bond donors (Lipinski definition) is 0. The fraction of sp³-hybridized carbons (Fsp3) is 0.353. The molecule has 1 fully saturated rings. The van der Waals surface area contributed by atoms with Gasteiger partial charge in [-0.1, -0.05) is 12.1 Å². The average Bonchev–Trinajstić information content (AvgIpc) is 3.20. The van der Waals surface area contributed by atoms with Crippen LogP contribution in [0, 0.1) is 0 Å². The van der Waals surface area contributed by atoms with Crippen LogP contribution in [0.25, 0.3) is 11.0 Å². The summed E-state index contributed by atoms with van der Waals surface area (Å²) < 4.78 is 64.1. The van der Waals surface area contributed by atoms with Crippen molar-refractivity contribution in [3.63, 3.8) is 0 Å². The SMILES string of the molecule is O=c1c2cnn([C@@H]3CCS(=O)(=O)C3)c2ncn1Cc1ccc(C(F)(F)F)cc1. The van der Waals surface area contributed by atoms with Crippen molar-refractivity contribution in [3.05, 3.63) is 58.3 Å². The third-order valence-corrected chi connectivity index (χ3v) is 6.52. The Balaban J connectivity index is 1.63. The van der Waals surface area contributed by atoms with Crippen molar-refractivity contribution >= 4 is 20.9 Å². The maximum absolute atomic E-state index is 12.7. The van der Waals surface area contributed by atoms with Crippen LogP contribution in [0.5, 0.6) is 0 Å². The molecular weight excluding hydrogens is 397 g/mol. The van der Waals surface area contributed by atoms with Gasteiger partial charge in [-0.05, 0) is 24.1 Å². The summed E-state index contributed by atoms with van der Waals surface area (Å²) in [5.41, 5.74) is -0.330. The molecule has 0 saturated carbocycles. The molecule has 3 heterocycles. The molecule has 7 nitrogen and oxygen atoms in total. The van der Waals surface area contributed by atoms with Gasteiger partial charge in [0.2, 0.25) is 0 Å². The predicted molar refractivity (Wildman–Crippen MR) is 94.6 cm³/mol. The van der Waals surface area contributed by atoms with Crippen molar-refractivity contribution in [1.29, 1.82) is 0 Å². The van der Waals surface area contributed by atoms with Gasteiger partial charge in [0.05, 0.1) is 35.9 Å². The van der Waals surface area contributed by atoms with Gasteiger partial charge < -0.3 is 0 Å². The molecule has 0 unspecified atom stereocenters. The number of benzene rings is 1. The summed E-state index contributed by atoms with van der Waals surface area (Å²) in [5.74, 6) is 0.0319. The van der Waals surface area contributed by atoms with E-state index in [9.17, 15) is 26.4 Å². The van der Waals surface area contributed by atoms with Crippen LogP contribution in [0.3, 0.4) is 0 Å². The Morgan fingerprint density at radius 1 is 1.18 bits per heavy atom. The van der Waals surface area contributed by atoms with Gasteiger partial charge in [-0.2, -0.15) is 18.3 Å². The van der Waals surface area contributed by atoms with Crippen LogP contribution in [-0.2, 0) is 22.6 Å². The number of nitrogens with zero attached hydrogens (tertiary/aromatic N) is 4. The Kier molecular flexibility index (Phi) is 4.29. The number of aromatic nitrogens is 4. The number of hydrogen-bond acceptors (Lipinski definition) is 5. The van der Waals surface area contributed by atoms with Gasteiger partial charge in [-0.15, -0.1) is 0 Å². The summed E-state index contributed by atoms with van der Waals surface area (Å²) in [6.07, 6.45) is -1.36. The highest BCUT2D eigenvalue weighted by atomic mass is 32.2. The topological polar surface area (TPSA) is 86.8 Å². The summed E-state index contributed by atoms with van der Waals surface area (Å²) in [6, 6.07) is 4.19. The molecule has 0 amide bonds. The molecule has 1 saturated heterocycles. The summed E-state index contributed by atoms with van der Waals surface area (Å²) in [4.78, 5) is 16.9. The molecular formula is C17H15F3N4O3S. The molecule has 1 aliphatic heterocycles. The van der Waals surface area contributed by atoms with Crippen LogP contribution < -0.4 is 5.56 Å². The highest BCUT2D eigenvalue weighted by Crippen LogP contribution is 2.29. The first-order valence-electron chi connectivity index (χ1n) is 8.43. The van der Waals surface area contributed by atoms with Crippen LogP contribution >= 0.6 is 0 Å². The fourth-order valence-electron chi connectivity index (χ4n) is 3.31. The van der Waals surface area contributed by atoms with Crippen molar-refractivity contribution < 1.29 is 21.6 Å². The smallest absolute Gasteiger partial charge is 0.294 e. The molecule has 2 aromatic heterocycles. The maximum atomic E-state index is 12.7. The first kappa shape index (κ1) is 18.7. The van der Waals surface area contributed by atoms with E-state index in [0.717, 1.165) is 12.1 Å².